The maximum Gasteiger partial charge on any atom is 0.265 e. The molecule has 4 rings (SSSR count). The molecule has 0 unspecified atom stereocenters. The number of aliphatic hydroxyl groups is 1. The van der Waals surface area contributed by atoms with Gasteiger partial charge in [0, 0.05) is 12.0 Å². The number of nitrogens with zero attached hydrogens (tertiary/aromatic N) is 2. The van der Waals surface area contributed by atoms with Gasteiger partial charge in [-0.1, -0.05) is 24.3 Å². The average molecular weight is 389 g/mol. The molecule has 9 heteroatoms. The summed E-state index contributed by atoms with van der Waals surface area (Å²) < 4.78 is 48.5. The van der Waals surface area contributed by atoms with Gasteiger partial charge in [0.2, 0.25) is 0 Å². The third-order valence-corrected chi connectivity index (χ3v) is 5.58. The molecule has 0 spiro atoms. The highest BCUT2D eigenvalue weighted by atomic mass is 32.2. The molecule has 0 amide bonds. The van der Waals surface area contributed by atoms with E-state index < -0.39 is 21.9 Å². The second kappa shape index (κ2) is 6.67. The van der Waals surface area contributed by atoms with Gasteiger partial charge in [-0.25, -0.2) is 17.5 Å². The minimum Gasteiger partial charge on any atom is -0.491 e. The number of aromatic nitrogens is 2. The number of sulfonamides is 1. The van der Waals surface area contributed by atoms with E-state index in [0.717, 1.165) is 10.9 Å². The molecule has 0 bridgehead atoms. The molecule has 0 fully saturated rings. The summed E-state index contributed by atoms with van der Waals surface area (Å²) in [5.74, 6) is -0.210. The van der Waals surface area contributed by atoms with Crippen molar-refractivity contribution in [3.63, 3.8) is 0 Å². The first-order chi connectivity index (χ1) is 13.0. The predicted octanol–water partition coefficient (Wildman–Crippen LogP) is 2.63. The Kier molecular flexibility index (Phi) is 4.33. The molecule has 0 aliphatic carbocycles. The number of benzene rings is 2. The maximum atomic E-state index is 13.9. The van der Waals surface area contributed by atoms with Crippen LogP contribution in [0, 0.1) is 5.82 Å². The Bertz CT molecular complexity index is 1100. The van der Waals surface area contributed by atoms with Crippen molar-refractivity contribution in [1.29, 1.82) is 0 Å². The number of nitrogens with one attached hydrogen (secondary N) is 1. The topological polar surface area (TPSA) is 93.5 Å². The van der Waals surface area contributed by atoms with Gasteiger partial charge in [-0.15, -0.1) is 0 Å². The van der Waals surface area contributed by atoms with Crippen molar-refractivity contribution >= 4 is 15.7 Å². The van der Waals surface area contributed by atoms with Gasteiger partial charge >= 0.3 is 0 Å². The van der Waals surface area contributed by atoms with Crippen LogP contribution in [0.25, 0.3) is 5.69 Å². The standard InChI is InChI=1S/C18H16FN3O4S/c19-14-5-1-2-7-16(14)22-11-12(10-20-22)27(24,25)21-15-6-3-4-13-17(23)8-9-26-18(13)15/h1-7,10-11,17,21,23H,8-9H2/t17-/m0/s1. The van der Waals surface area contributed by atoms with Crippen molar-refractivity contribution in [2.24, 2.45) is 0 Å². The monoisotopic (exact) mass is 389 g/mol. The Morgan fingerprint density at radius 1 is 1.22 bits per heavy atom. The first-order valence-corrected chi connectivity index (χ1v) is 9.70. The Morgan fingerprint density at radius 2 is 2.04 bits per heavy atom. The van der Waals surface area contributed by atoms with Crippen molar-refractivity contribution in [2.75, 3.05) is 11.3 Å². The van der Waals surface area contributed by atoms with Gasteiger partial charge in [0.1, 0.15) is 22.1 Å². The van der Waals surface area contributed by atoms with Crippen molar-refractivity contribution in [3.05, 3.63) is 66.2 Å². The van der Waals surface area contributed by atoms with Gasteiger partial charge in [0.25, 0.3) is 10.0 Å². The Morgan fingerprint density at radius 3 is 2.85 bits per heavy atom. The lowest BCUT2D eigenvalue weighted by atomic mass is 10.0. The molecule has 2 N–H and O–H groups in total. The van der Waals surface area contributed by atoms with Crippen molar-refractivity contribution < 1.29 is 22.7 Å². The molecule has 2 aromatic carbocycles. The summed E-state index contributed by atoms with van der Waals surface area (Å²) in [5.41, 5.74) is 0.899. The van der Waals surface area contributed by atoms with Gasteiger partial charge < -0.3 is 9.84 Å². The van der Waals surface area contributed by atoms with Crippen LogP contribution in [0.3, 0.4) is 0 Å². The number of para-hydroxylation sites is 2. The molecule has 1 aliphatic heterocycles. The third-order valence-electron chi connectivity index (χ3n) is 4.25. The number of hydrogen-bond donors (Lipinski definition) is 2. The zero-order chi connectivity index (χ0) is 19.0. The van der Waals surface area contributed by atoms with E-state index in [9.17, 15) is 17.9 Å². The zero-order valence-electron chi connectivity index (χ0n) is 14.0. The lowest BCUT2D eigenvalue weighted by molar-refractivity contribution is 0.116. The lowest BCUT2D eigenvalue weighted by Crippen LogP contribution is -2.18. The zero-order valence-corrected chi connectivity index (χ0v) is 14.9. The van der Waals surface area contributed by atoms with Crippen molar-refractivity contribution in [1.82, 2.24) is 9.78 Å². The van der Waals surface area contributed by atoms with Crippen LogP contribution in [0.1, 0.15) is 18.1 Å². The molecule has 27 heavy (non-hydrogen) atoms. The molecule has 0 saturated heterocycles. The number of rotatable bonds is 4. The molecule has 140 valence electrons. The number of anilines is 1. The maximum absolute atomic E-state index is 13.9. The fraction of sp³-hybridized carbons (Fsp3) is 0.167. The lowest BCUT2D eigenvalue weighted by Gasteiger charge is -2.24. The summed E-state index contributed by atoms with van der Waals surface area (Å²) in [6, 6.07) is 10.8. The van der Waals surface area contributed by atoms with E-state index in [-0.39, 0.29) is 22.9 Å². The highest BCUT2D eigenvalue weighted by Gasteiger charge is 2.25. The van der Waals surface area contributed by atoms with Crippen molar-refractivity contribution in [2.45, 2.75) is 17.4 Å². The summed E-state index contributed by atoms with van der Waals surface area (Å²) in [5, 5.41) is 14.0. The smallest absolute Gasteiger partial charge is 0.265 e. The van der Waals surface area contributed by atoms with Crippen LogP contribution >= 0.6 is 0 Å². The number of aliphatic hydroxyl groups excluding tert-OH is 1. The Labute approximate surface area is 155 Å². The van der Waals surface area contributed by atoms with E-state index in [1.807, 2.05) is 0 Å². The van der Waals surface area contributed by atoms with E-state index in [2.05, 4.69) is 9.82 Å². The van der Waals surface area contributed by atoms with Crippen LogP contribution in [-0.2, 0) is 10.0 Å². The van der Waals surface area contributed by atoms with Gasteiger partial charge in [-0.2, -0.15) is 5.10 Å². The molecule has 0 radical (unpaired) electrons. The Balaban J connectivity index is 1.66. The number of fused-ring (bicyclic) bond motifs is 1. The van der Waals surface area contributed by atoms with Crippen molar-refractivity contribution in [3.8, 4) is 11.4 Å². The van der Waals surface area contributed by atoms with Crippen LogP contribution < -0.4 is 9.46 Å². The second-order valence-corrected chi connectivity index (χ2v) is 7.74. The SMILES string of the molecule is O=S(=O)(Nc1cccc2c1OCC[C@@H]2O)c1cnn(-c2ccccc2F)c1. The highest BCUT2D eigenvalue weighted by molar-refractivity contribution is 7.92. The van der Waals surface area contributed by atoms with E-state index in [1.165, 1.54) is 24.4 Å². The molecule has 2 heterocycles. The van der Waals surface area contributed by atoms with Crippen LogP contribution in [0.15, 0.2) is 59.8 Å². The molecule has 0 saturated carbocycles. The number of ether oxygens (including phenoxy) is 1. The number of halogens is 1. The molecule has 3 aromatic rings. The fourth-order valence-electron chi connectivity index (χ4n) is 2.90. The van der Waals surface area contributed by atoms with Crippen LogP contribution in [0.4, 0.5) is 10.1 Å². The summed E-state index contributed by atoms with van der Waals surface area (Å²) in [7, 11) is -3.98. The largest absolute Gasteiger partial charge is 0.491 e. The van der Waals surface area contributed by atoms with Gasteiger partial charge in [-0.05, 0) is 18.2 Å². The summed E-state index contributed by atoms with van der Waals surface area (Å²) in [6.07, 6.45) is 2.10. The van der Waals surface area contributed by atoms with E-state index >= 15 is 0 Å². The molecular formula is C18H16FN3O4S. The van der Waals surface area contributed by atoms with Gasteiger partial charge in [-0.3, -0.25) is 4.72 Å². The van der Waals surface area contributed by atoms with Gasteiger partial charge in [0.15, 0.2) is 0 Å². The normalized spacial score (nSPS) is 16.4. The van der Waals surface area contributed by atoms with Crippen LogP contribution in [0.5, 0.6) is 5.75 Å². The second-order valence-electron chi connectivity index (χ2n) is 6.05. The molecule has 1 aromatic heterocycles. The van der Waals surface area contributed by atoms with E-state index in [4.69, 9.17) is 4.74 Å². The van der Waals surface area contributed by atoms with E-state index in [1.54, 1.807) is 24.3 Å². The summed E-state index contributed by atoms with van der Waals surface area (Å²) >= 11 is 0. The molecular weight excluding hydrogens is 373 g/mol. The summed E-state index contributed by atoms with van der Waals surface area (Å²) in [4.78, 5) is -0.125. The highest BCUT2D eigenvalue weighted by Crippen LogP contribution is 2.38. The minimum absolute atomic E-state index is 0.125. The predicted molar refractivity (Wildman–Crippen MR) is 95.8 cm³/mol. The van der Waals surface area contributed by atoms with Crippen LogP contribution in [-0.4, -0.2) is 29.9 Å². The average Bonchev–Trinajstić information content (AvgIpc) is 3.14. The quantitative estimate of drug-likeness (QED) is 0.716. The fourth-order valence-corrected chi connectivity index (χ4v) is 3.90. The number of hydrogen-bond acceptors (Lipinski definition) is 5. The Hall–Kier alpha value is -2.91. The van der Waals surface area contributed by atoms with Gasteiger partial charge in [0.05, 0.1) is 30.8 Å². The molecule has 1 atom stereocenters. The third kappa shape index (κ3) is 3.26. The minimum atomic E-state index is -3.98. The first kappa shape index (κ1) is 17.5. The van der Waals surface area contributed by atoms with E-state index in [0.29, 0.717) is 17.7 Å². The molecule has 1 aliphatic rings. The first-order valence-electron chi connectivity index (χ1n) is 8.22. The van der Waals surface area contributed by atoms with Crippen LogP contribution in [0.2, 0.25) is 0 Å². The summed E-state index contributed by atoms with van der Waals surface area (Å²) in [6.45, 7) is 0.290. The molecule has 7 nitrogen and oxygen atoms in total.